The van der Waals surface area contributed by atoms with Gasteiger partial charge in [-0.3, -0.25) is 0 Å². The number of phenolic OH excluding ortho intramolecular Hbond substituents is 1. The van der Waals surface area contributed by atoms with Crippen LogP contribution in [0.1, 0.15) is 32.8 Å². The van der Waals surface area contributed by atoms with Crippen LogP contribution in [-0.2, 0) is 6.42 Å². The molecule has 0 heterocycles. The molecule has 0 spiro atoms. The summed E-state index contributed by atoms with van der Waals surface area (Å²) in [7, 11) is 2.17. The first-order chi connectivity index (χ1) is 8.99. The molecule has 0 fully saturated rings. The summed E-state index contributed by atoms with van der Waals surface area (Å²) in [4.78, 5) is 2.37. The zero-order chi connectivity index (χ0) is 14.3. The Balaban J connectivity index is 2.17. The Morgan fingerprint density at radius 1 is 1.16 bits per heavy atom. The maximum Gasteiger partial charge on any atom is 0.115 e. The second kappa shape index (κ2) is 8.18. The Bertz CT molecular complexity index is 348. The lowest BCUT2D eigenvalue weighted by molar-refractivity contribution is 0.268. The number of nitrogens with zero attached hydrogens (tertiary/aromatic N) is 1. The molecule has 0 aliphatic carbocycles. The van der Waals surface area contributed by atoms with Crippen molar-refractivity contribution in [3.63, 3.8) is 0 Å². The van der Waals surface area contributed by atoms with Crippen LogP contribution < -0.4 is 5.32 Å². The van der Waals surface area contributed by atoms with Gasteiger partial charge in [0.05, 0.1) is 0 Å². The van der Waals surface area contributed by atoms with Gasteiger partial charge in [-0.05, 0) is 71.4 Å². The third-order valence-electron chi connectivity index (χ3n) is 3.54. The number of rotatable bonds is 8. The summed E-state index contributed by atoms with van der Waals surface area (Å²) in [5.41, 5.74) is 1.26. The van der Waals surface area contributed by atoms with Gasteiger partial charge in [-0.1, -0.05) is 12.1 Å². The van der Waals surface area contributed by atoms with Crippen molar-refractivity contribution in [3.05, 3.63) is 29.8 Å². The van der Waals surface area contributed by atoms with Crippen molar-refractivity contribution >= 4 is 0 Å². The van der Waals surface area contributed by atoms with Crippen molar-refractivity contribution in [3.8, 4) is 5.75 Å². The minimum absolute atomic E-state index is 0.334. The van der Waals surface area contributed by atoms with Gasteiger partial charge in [-0.25, -0.2) is 0 Å². The van der Waals surface area contributed by atoms with E-state index >= 15 is 0 Å². The van der Waals surface area contributed by atoms with Crippen LogP contribution in [0.2, 0.25) is 0 Å². The van der Waals surface area contributed by atoms with Crippen molar-refractivity contribution in [1.29, 1.82) is 0 Å². The largest absolute Gasteiger partial charge is 0.508 e. The molecule has 0 saturated carbocycles. The van der Waals surface area contributed by atoms with E-state index in [1.54, 1.807) is 12.1 Å². The summed E-state index contributed by atoms with van der Waals surface area (Å²) in [5, 5.41) is 12.8. The van der Waals surface area contributed by atoms with Crippen molar-refractivity contribution < 1.29 is 5.11 Å². The van der Waals surface area contributed by atoms with Gasteiger partial charge in [0.1, 0.15) is 5.75 Å². The zero-order valence-corrected chi connectivity index (χ0v) is 12.7. The first-order valence-corrected chi connectivity index (χ1v) is 7.20. The van der Waals surface area contributed by atoms with Crippen LogP contribution >= 0.6 is 0 Å². The monoisotopic (exact) mass is 264 g/mol. The van der Waals surface area contributed by atoms with Crippen molar-refractivity contribution in [1.82, 2.24) is 10.2 Å². The van der Waals surface area contributed by atoms with Gasteiger partial charge in [0.25, 0.3) is 0 Å². The summed E-state index contributed by atoms with van der Waals surface area (Å²) in [6, 6.07) is 8.56. The SMILES string of the molecule is CC(Cc1ccc(O)cc1)NCCCN(C)C(C)C. The number of phenols is 1. The molecule has 1 atom stereocenters. The molecule has 0 aliphatic heterocycles. The highest BCUT2D eigenvalue weighted by molar-refractivity contribution is 5.26. The Labute approximate surface area is 117 Å². The summed E-state index contributed by atoms with van der Waals surface area (Å²) in [5.74, 6) is 0.334. The second-order valence-electron chi connectivity index (χ2n) is 5.65. The fraction of sp³-hybridized carbons (Fsp3) is 0.625. The molecule has 0 amide bonds. The summed E-state index contributed by atoms with van der Waals surface area (Å²) in [6.07, 6.45) is 2.18. The second-order valence-corrected chi connectivity index (χ2v) is 5.65. The predicted molar refractivity (Wildman–Crippen MR) is 81.7 cm³/mol. The van der Waals surface area contributed by atoms with E-state index in [2.05, 4.69) is 38.0 Å². The molecule has 0 saturated heterocycles. The van der Waals surface area contributed by atoms with Crippen LogP contribution in [0.25, 0.3) is 0 Å². The van der Waals surface area contributed by atoms with Gasteiger partial charge in [0.2, 0.25) is 0 Å². The van der Waals surface area contributed by atoms with Crippen LogP contribution in [0.15, 0.2) is 24.3 Å². The van der Waals surface area contributed by atoms with Gasteiger partial charge >= 0.3 is 0 Å². The molecule has 108 valence electrons. The van der Waals surface area contributed by atoms with E-state index in [0.29, 0.717) is 17.8 Å². The van der Waals surface area contributed by atoms with Crippen molar-refractivity contribution in [2.75, 3.05) is 20.1 Å². The van der Waals surface area contributed by atoms with E-state index < -0.39 is 0 Å². The molecule has 0 aliphatic rings. The van der Waals surface area contributed by atoms with E-state index in [9.17, 15) is 5.11 Å². The highest BCUT2D eigenvalue weighted by Gasteiger charge is 2.05. The standard InChI is InChI=1S/C16H28N2O/c1-13(2)18(4)11-5-10-17-14(3)12-15-6-8-16(19)9-7-15/h6-9,13-14,17,19H,5,10-12H2,1-4H3. The highest BCUT2D eigenvalue weighted by atomic mass is 16.3. The molecule has 3 nitrogen and oxygen atoms in total. The van der Waals surface area contributed by atoms with Crippen LogP contribution in [-0.4, -0.2) is 42.2 Å². The number of hydrogen-bond donors (Lipinski definition) is 2. The van der Waals surface area contributed by atoms with Crippen molar-refractivity contribution in [2.24, 2.45) is 0 Å². The van der Waals surface area contributed by atoms with Crippen LogP contribution in [0.3, 0.4) is 0 Å². The molecular formula is C16H28N2O. The fourth-order valence-corrected chi connectivity index (χ4v) is 1.99. The fourth-order valence-electron chi connectivity index (χ4n) is 1.99. The molecule has 1 unspecified atom stereocenters. The average Bonchev–Trinajstić information content (AvgIpc) is 2.37. The van der Waals surface area contributed by atoms with E-state index in [1.807, 2.05) is 12.1 Å². The minimum Gasteiger partial charge on any atom is -0.508 e. The lowest BCUT2D eigenvalue weighted by Gasteiger charge is -2.21. The number of nitrogens with one attached hydrogen (secondary N) is 1. The van der Waals surface area contributed by atoms with Gasteiger partial charge in [-0.15, -0.1) is 0 Å². The van der Waals surface area contributed by atoms with Crippen molar-refractivity contribution in [2.45, 2.75) is 45.7 Å². The molecule has 3 heteroatoms. The van der Waals surface area contributed by atoms with Gasteiger partial charge in [0, 0.05) is 12.1 Å². The first-order valence-electron chi connectivity index (χ1n) is 7.20. The molecule has 0 bridgehead atoms. The van der Waals surface area contributed by atoms with Crippen LogP contribution in [0.5, 0.6) is 5.75 Å². The Morgan fingerprint density at radius 3 is 2.37 bits per heavy atom. The number of aromatic hydroxyl groups is 1. The smallest absolute Gasteiger partial charge is 0.115 e. The van der Waals surface area contributed by atoms with Crippen LogP contribution in [0.4, 0.5) is 0 Å². The molecule has 19 heavy (non-hydrogen) atoms. The molecule has 1 aromatic rings. The maximum absolute atomic E-state index is 9.24. The topological polar surface area (TPSA) is 35.5 Å². The van der Waals surface area contributed by atoms with Gasteiger partial charge in [0.15, 0.2) is 0 Å². The minimum atomic E-state index is 0.334. The molecule has 1 rings (SSSR count). The zero-order valence-electron chi connectivity index (χ0n) is 12.7. The lowest BCUT2D eigenvalue weighted by atomic mass is 10.1. The third kappa shape index (κ3) is 6.60. The third-order valence-corrected chi connectivity index (χ3v) is 3.54. The van der Waals surface area contributed by atoms with E-state index in [4.69, 9.17) is 0 Å². The van der Waals surface area contributed by atoms with Crippen LogP contribution in [0, 0.1) is 0 Å². The Kier molecular flexibility index (Phi) is 6.89. The Hall–Kier alpha value is -1.06. The normalized spacial score (nSPS) is 13.2. The van der Waals surface area contributed by atoms with E-state index in [1.165, 1.54) is 12.0 Å². The Morgan fingerprint density at radius 2 is 1.79 bits per heavy atom. The quantitative estimate of drug-likeness (QED) is 0.709. The summed E-state index contributed by atoms with van der Waals surface area (Å²) >= 11 is 0. The molecule has 1 aromatic carbocycles. The number of hydrogen-bond acceptors (Lipinski definition) is 3. The first kappa shape index (κ1) is 16.0. The molecule has 0 aromatic heterocycles. The predicted octanol–water partition coefficient (Wildman–Crippen LogP) is 2.64. The van der Waals surface area contributed by atoms with E-state index in [0.717, 1.165) is 19.5 Å². The highest BCUT2D eigenvalue weighted by Crippen LogP contribution is 2.11. The van der Waals surface area contributed by atoms with Gasteiger partial charge in [-0.2, -0.15) is 0 Å². The summed E-state index contributed by atoms with van der Waals surface area (Å²) in [6.45, 7) is 8.84. The average molecular weight is 264 g/mol. The summed E-state index contributed by atoms with van der Waals surface area (Å²) < 4.78 is 0. The lowest BCUT2D eigenvalue weighted by Crippen LogP contribution is -2.33. The number of benzene rings is 1. The maximum atomic E-state index is 9.24. The van der Waals surface area contributed by atoms with Gasteiger partial charge < -0.3 is 15.3 Å². The molecule has 2 N–H and O–H groups in total. The van der Waals surface area contributed by atoms with E-state index in [-0.39, 0.29) is 0 Å². The molecular weight excluding hydrogens is 236 g/mol. The molecule has 0 radical (unpaired) electrons.